The number of ether oxygens (including phenoxy) is 1. The molecule has 3 rings (SSSR count). The van der Waals surface area contributed by atoms with Crippen LogP contribution in [0.15, 0.2) is 42.5 Å². The Kier molecular flexibility index (Phi) is 2.56. The molecule has 0 spiro atoms. The summed E-state index contributed by atoms with van der Waals surface area (Å²) < 4.78 is 4.99. The van der Waals surface area contributed by atoms with Crippen molar-refractivity contribution in [3.05, 3.63) is 42.5 Å². The third-order valence-electron chi connectivity index (χ3n) is 2.83. The molecular formula is C15H11NO3. The summed E-state index contributed by atoms with van der Waals surface area (Å²) in [7, 11) is 0. The van der Waals surface area contributed by atoms with Gasteiger partial charge in [-0.3, -0.25) is 4.79 Å². The summed E-state index contributed by atoms with van der Waals surface area (Å²) in [5.74, 6) is -0.110. The lowest BCUT2D eigenvalue weighted by molar-refractivity contribution is -0.131. The summed E-state index contributed by atoms with van der Waals surface area (Å²) >= 11 is 0. The van der Waals surface area contributed by atoms with Gasteiger partial charge in [0.05, 0.1) is 5.52 Å². The van der Waals surface area contributed by atoms with Crippen molar-refractivity contribution in [1.82, 2.24) is 4.98 Å². The quantitative estimate of drug-likeness (QED) is 0.411. The van der Waals surface area contributed by atoms with Crippen molar-refractivity contribution in [3.63, 3.8) is 0 Å². The maximum atomic E-state index is 11.0. The molecular weight excluding hydrogens is 242 g/mol. The minimum Gasteiger partial charge on any atom is -0.506 e. The van der Waals surface area contributed by atoms with Crippen LogP contribution in [-0.4, -0.2) is 16.1 Å². The predicted octanol–water partition coefficient (Wildman–Crippen LogP) is 3.02. The summed E-state index contributed by atoms with van der Waals surface area (Å²) in [5, 5.41) is 11.7. The zero-order valence-electron chi connectivity index (χ0n) is 10.3. The monoisotopic (exact) mass is 253 g/mol. The largest absolute Gasteiger partial charge is 0.506 e. The number of esters is 1. The molecule has 3 aromatic rings. The van der Waals surface area contributed by atoms with Gasteiger partial charge < -0.3 is 9.84 Å². The van der Waals surface area contributed by atoms with Gasteiger partial charge in [0.2, 0.25) is 0 Å². The van der Waals surface area contributed by atoms with Crippen LogP contribution in [0.5, 0.6) is 11.5 Å². The molecule has 0 radical (unpaired) electrons. The van der Waals surface area contributed by atoms with Crippen LogP contribution in [0.1, 0.15) is 6.92 Å². The number of phenols is 1. The van der Waals surface area contributed by atoms with Crippen LogP contribution >= 0.6 is 0 Å². The van der Waals surface area contributed by atoms with Gasteiger partial charge in [-0.25, -0.2) is 4.98 Å². The van der Waals surface area contributed by atoms with Gasteiger partial charge in [-0.05, 0) is 18.2 Å². The van der Waals surface area contributed by atoms with Crippen LogP contribution in [0.4, 0.5) is 0 Å². The van der Waals surface area contributed by atoms with Crippen LogP contribution in [0.2, 0.25) is 0 Å². The molecule has 0 saturated heterocycles. The van der Waals surface area contributed by atoms with E-state index in [1.54, 1.807) is 6.07 Å². The molecule has 2 aromatic carbocycles. The first-order valence-electron chi connectivity index (χ1n) is 5.84. The third kappa shape index (κ3) is 2.08. The van der Waals surface area contributed by atoms with Gasteiger partial charge in [-0.1, -0.05) is 18.2 Å². The molecule has 1 N–H and O–H groups in total. The van der Waals surface area contributed by atoms with E-state index in [4.69, 9.17) is 4.74 Å². The fourth-order valence-corrected chi connectivity index (χ4v) is 2.07. The Balaban J connectivity index is 2.28. The summed E-state index contributed by atoms with van der Waals surface area (Å²) in [6.07, 6.45) is 0. The number of pyridine rings is 1. The van der Waals surface area contributed by atoms with Crippen molar-refractivity contribution >= 4 is 27.8 Å². The van der Waals surface area contributed by atoms with Crippen molar-refractivity contribution in [3.8, 4) is 11.5 Å². The molecule has 1 aromatic heterocycles. The molecule has 0 atom stereocenters. The molecule has 0 saturated carbocycles. The number of aromatic nitrogens is 1. The number of phenolic OH excluding ortho intramolecular Hbond substituents is 1. The molecule has 0 aliphatic rings. The van der Waals surface area contributed by atoms with Crippen molar-refractivity contribution in [2.24, 2.45) is 0 Å². The van der Waals surface area contributed by atoms with Crippen molar-refractivity contribution < 1.29 is 14.6 Å². The van der Waals surface area contributed by atoms with Gasteiger partial charge in [0.15, 0.2) is 0 Å². The highest BCUT2D eigenvalue weighted by atomic mass is 16.5. The van der Waals surface area contributed by atoms with E-state index in [0.29, 0.717) is 11.3 Å². The number of para-hydroxylation sites is 1. The molecule has 19 heavy (non-hydrogen) atoms. The second kappa shape index (κ2) is 4.24. The molecule has 0 aliphatic carbocycles. The van der Waals surface area contributed by atoms with E-state index in [1.807, 2.05) is 30.3 Å². The van der Waals surface area contributed by atoms with E-state index in [1.165, 1.54) is 13.0 Å². The fraction of sp³-hybridized carbons (Fsp3) is 0.0667. The highest BCUT2D eigenvalue weighted by Gasteiger charge is 2.08. The molecule has 0 amide bonds. The third-order valence-corrected chi connectivity index (χ3v) is 2.83. The van der Waals surface area contributed by atoms with E-state index < -0.39 is 5.97 Å². The first-order chi connectivity index (χ1) is 9.13. The fourth-order valence-electron chi connectivity index (χ4n) is 2.07. The number of nitrogens with zero attached hydrogens (tertiary/aromatic N) is 1. The van der Waals surface area contributed by atoms with Crippen LogP contribution in [0, 0.1) is 0 Å². The van der Waals surface area contributed by atoms with Gasteiger partial charge in [0.25, 0.3) is 0 Å². The minimum absolute atomic E-state index is 0.000460. The molecule has 0 fully saturated rings. The number of carbonyl (C=O) groups excluding carboxylic acids is 1. The highest BCUT2D eigenvalue weighted by molar-refractivity contribution is 5.96. The summed E-state index contributed by atoms with van der Waals surface area (Å²) in [6, 6.07) is 12.6. The SMILES string of the molecule is CC(=O)Oc1cc(O)c2nc3ccccc3cc2c1. The Morgan fingerprint density at radius 1 is 1.16 bits per heavy atom. The second-order valence-corrected chi connectivity index (χ2v) is 4.29. The molecule has 4 nitrogen and oxygen atoms in total. The molecule has 4 heteroatoms. The molecule has 0 bridgehead atoms. The van der Waals surface area contributed by atoms with E-state index in [-0.39, 0.29) is 5.75 Å². The van der Waals surface area contributed by atoms with E-state index in [9.17, 15) is 9.90 Å². The number of aromatic hydroxyl groups is 1. The molecule has 1 heterocycles. The maximum Gasteiger partial charge on any atom is 0.308 e. The van der Waals surface area contributed by atoms with Gasteiger partial charge in [-0.2, -0.15) is 0 Å². The minimum atomic E-state index is -0.424. The molecule has 0 aliphatic heterocycles. The number of hydrogen-bond acceptors (Lipinski definition) is 4. The standard InChI is InChI=1S/C15H11NO3/c1-9(17)19-12-7-11-6-10-4-2-3-5-13(10)16-15(11)14(18)8-12/h2-8,18H,1H3. The van der Waals surface area contributed by atoms with E-state index >= 15 is 0 Å². The Hall–Kier alpha value is -2.62. The molecule has 0 unspecified atom stereocenters. The predicted molar refractivity (Wildman–Crippen MR) is 72.2 cm³/mol. The number of benzene rings is 2. The average Bonchev–Trinajstić information content (AvgIpc) is 2.36. The van der Waals surface area contributed by atoms with Crippen LogP contribution in [0.25, 0.3) is 21.8 Å². The van der Waals surface area contributed by atoms with Crippen LogP contribution in [0.3, 0.4) is 0 Å². The Morgan fingerprint density at radius 3 is 2.74 bits per heavy atom. The maximum absolute atomic E-state index is 11.0. The lowest BCUT2D eigenvalue weighted by Gasteiger charge is -2.06. The number of carbonyl (C=O) groups is 1. The summed E-state index contributed by atoms with van der Waals surface area (Å²) in [4.78, 5) is 15.4. The van der Waals surface area contributed by atoms with Gasteiger partial charge >= 0.3 is 5.97 Å². The normalized spacial score (nSPS) is 10.8. The average molecular weight is 253 g/mol. The van der Waals surface area contributed by atoms with Crippen LogP contribution < -0.4 is 4.74 Å². The van der Waals surface area contributed by atoms with E-state index in [2.05, 4.69) is 4.98 Å². The number of fused-ring (bicyclic) bond motifs is 2. The summed E-state index contributed by atoms with van der Waals surface area (Å²) in [5.41, 5.74) is 1.31. The smallest absolute Gasteiger partial charge is 0.308 e. The Bertz CT molecular complexity index is 796. The van der Waals surface area contributed by atoms with Gasteiger partial charge in [-0.15, -0.1) is 0 Å². The Morgan fingerprint density at radius 2 is 1.95 bits per heavy atom. The van der Waals surface area contributed by atoms with Crippen molar-refractivity contribution in [2.75, 3.05) is 0 Å². The summed E-state index contributed by atoms with van der Waals surface area (Å²) in [6.45, 7) is 1.32. The number of hydrogen-bond donors (Lipinski definition) is 1. The first kappa shape index (κ1) is 11.5. The first-order valence-corrected chi connectivity index (χ1v) is 5.84. The van der Waals surface area contributed by atoms with Crippen molar-refractivity contribution in [1.29, 1.82) is 0 Å². The second-order valence-electron chi connectivity index (χ2n) is 4.29. The lowest BCUT2D eigenvalue weighted by atomic mass is 10.1. The highest BCUT2D eigenvalue weighted by Crippen LogP contribution is 2.31. The zero-order valence-corrected chi connectivity index (χ0v) is 10.3. The zero-order chi connectivity index (χ0) is 13.4. The van der Waals surface area contributed by atoms with Crippen molar-refractivity contribution in [2.45, 2.75) is 6.92 Å². The topological polar surface area (TPSA) is 59.4 Å². The van der Waals surface area contributed by atoms with Crippen LogP contribution in [-0.2, 0) is 4.79 Å². The molecule has 94 valence electrons. The number of rotatable bonds is 1. The van der Waals surface area contributed by atoms with Gasteiger partial charge in [0.1, 0.15) is 17.0 Å². The lowest BCUT2D eigenvalue weighted by Crippen LogP contribution is -2.01. The van der Waals surface area contributed by atoms with E-state index in [0.717, 1.165) is 16.3 Å². The van der Waals surface area contributed by atoms with Gasteiger partial charge in [0, 0.05) is 23.8 Å². The Labute approximate surface area is 109 Å².